The van der Waals surface area contributed by atoms with Gasteiger partial charge in [-0.2, -0.15) is 0 Å². The molecule has 1 saturated heterocycles. The number of benzene rings is 1. The molecule has 0 N–H and O–H groups in total. The Morgan fingerprint density at radius 1 is 1.12 bits per heavy atom. The molecule has 8 nitrogen and oxygen atoms in total. The Morgan fingerprint density at radius 3 is 2.35 bits per heavy atom. The van der Waals surface area contributed by atoms with Crippen molar-refractivity contribution >= 4 is 21.2 Å². The average Bonchev–Trinajstić information content (AvgIpc) is 2.62. The monoisotopic (exact) mass is 376 g/mol. The van der Waals surface area contributed by atoms with Crippen molar-refractivity contribution in [3.05, 3.63) is 58.4 Å². The van der Waals surface area contributed by atoms with E-state index in [0.717, 1.165) is 25.9 Å². The summed E-state index contributed by atoms with van der Waals surface area (Å²) in [4.78, 5) is 18.8. The molecule has 1 aromatic carbocycles. The molecule has 0 amide bonds. The van der Waals surface area contributed by atoms with Gasteiger partial charge >= 0.3 is 5.69 Å². The van der Waals surface area contributed by atoms with Gasteiger partial charge in [-0.25, -0.2) is 8.42 Å². The Bertz CT molecular complexity index is 894. The normalized spacial score (nSPS) is 15.8. The lowest BCUT2D eigenvalue weighted by Crippen LogP contribution is -2.46. The maximum Gasteiger partial charge on any atom is 0.311 e. The van der Waals surface area contributed by atoms with E-state index < -0.39 is 14.8 Å². The lowest BCUT2D eigenvalue weighted by molar-refractivity contribution is -0.387. The number of nitro benzene ring substituents is 1. The van der Waals surface area contributed by atoms with Crippen LogP contribution in [-0.2, 0) is 16.4 Å². The van der Waals surface area contributed by atoms with E-state index in [1.807, 2.05) is 17.0 Å². The highest BCUT2D eigenvalue weighted by Crippen LogP contribution is 2.35. The minimum absolute atomic E-state index is 0.237. The number of hydrogen-bond donors (Lipinski definition) is 0. The third-order valence-corrected chi connectivity index (χ3v) is 5.56. The number of anilines is 1. The number of para-hydroxylation sites is 1. The molecule has 0 saturated carbocycles. The molecule has 0 aliphatic carbocycles. The van der Waals surface area contributed by atoms with Gasteiger partial charge in [0.1, 0.15) is 10.6 Å². The number of sulfone groups is 1. The van der Waals surface area contributed by atoms with Crippen molar-refractivity contribution < 1.29 is 13.3 Å². The van der Waals surface area contributed by atoms with Crippen LogP contribution in [0.4, 0.5) is 11.4 Å². The molecule has 0 atom stereocenters. The van der Waals surface area contributed by atoms with E-state index in [0.29, 0.717) is 18.8 Å². The van der Waals surface area contributed by atoms with Crippen LogP contribution in [0.3, 0.4) is 0 Å². The summed E-state index contributed by atoms with van der Waals surface area (Å²) in [5.74, 6) is 0. The summed E-state index contributed by atoms with van der Waals surface area (Å²) in [7, 11) is -3.68. The van der Waals surface area contributed by atoms with Crippen molar-refractivity contribution in [2.75, 3.05) is 37.3 Å². The van der Waals surface area contributed by atoms with Crippen LogP contribution in [0.1, 0.15) is 5.56 Å². The van der Waals surface area contributed by atoms with Gasteiger partial charge < -0.3 is 4.90 Å². The first kappa shape index (κ1) is 18.3. The molecule has 1 fully saturated rings. The van der Waals surface area contributed by atoms with Crippen molar-refractivity contribution in [1.82, 2.24) is 9.88 Å². The van der Waals surface area contributed by atoms with Crippen LogP contribution in [0, 0.1) is 10.1 Å². The van der Waals surface area contributed by atoms with E-state index in [1.54, 1.807) is 24.5 Å². The van der Waals surface area contributed by atoms with E-state index in [9.17, 15) is 18.5 Å². The summed E-state index contributed by atoms with van der Waals surface area (Å²) < 4.78 is 23.8. The second kappa shape index (κ2) is 7.38. The first-order valence-electron chi connectivity index (χ1n) is 8.20. The highest BCUT2D eigenvalue weighted by Gasteiger charge is 2.30. The standard InChI is InChI=1S/C17H20N4O4S/c1-26(24,25)16-4-2-3-15(17(16)21(22)23)20-11-9-19(10-12-20)13-14-5-7-18-8-6-14/h2-8H,9-13H2,1H3. The molecule has 9 heteroatoms. The number of pyridine rings is 1. The van der Waals surface area contributed by atoms with E-state index in [4.69, 9.17) is 0 Å². The molecular formula is C17H20N4O4S. The molecule has 3 rings (SSSR count). The Labute approximate surface area is 152 Å². The van der Waals surface area contributed by atoms with Gasteiger partial charge in [0, 0.05) is 51.4 Å². The van der Waals surface area contributed by atoms with Gasteiger partial charge in [0.15, 0.2) is 9.84 Å². The van der Waals surface area contributed by atoms with Gasteiger partial charge in [-0.3, -0.25) is 20.0 Å². The zero-order valence-corrected chi connectivity index (χ0v) is 15.2. The second-order valence-corrected chi connectivity index (χ2v) is 8.26. The first-order valence-corrected chi connectivity index (χ1v) is 10.1. The Hall–Kier alpha value is -2.52. The highest BCUT2D eigenvalue weighted by atomic mass is 32.2. The fraction of sp³-hybridized carbons (Fsp3) is 0.353. The largest absolute Gasteiger partial charge is 0.363 e. The van der Waals surface area contributed by atoms with Crippen LogP contribution in [-0.4, -0.2) is 55.7 Å². The third kappa shape index (κ3) is 4.00. The topological polar surface area (TPSA) is 96.7 Å². The molecule has 138 valence electrons. The fourth-order valence-corrected chi connectivity index (χ4v) is 4.00. The number of aromatic nitrogens is 1. The summed E-state index contributed by atoms with van der Waals surface area (Å²) in [5, 5.41) is 11.5. The Balaban J connectivity index is 1.78. The van der Waals surface area contributed by atoms with Crippen LogP contribution >= 0.6 is 0 Å². The molecule has 0 bridgehead atoms. The predicted molar refractivity (Wildman–Crippen MR) is 97.9 cm³/mol. The number of rotatable bonds is 5. The summed E-state index contributed by atoms with van der Waals surface area (Å²) >= 11 is 0. The maximum absolute atomic E-state index is 11.9. The quantitative estimate of drug-likeness (QED) is 0.579. The van der Waals surface area contributed by atoms with Crippen molar-refractivity contribution in [1.29, 1.82) is 0 Å². The zero-order chi connectivity index (χ0) is 18.7. The summed E-state index contributed by atoms with van der Waals surface area (Å²) in [6, 6.07) is 8.39. The SMILES string of the molecule is CS(=O)(=O)c1cccc(N2CCN(Cc3ccncc3)CC2)c1[N+](=O)[O-]. The number of hydrogen-bond acceptors (Lipinski definition) is 7. The molecule has 0 radical (unpaired) electrons. The smallest absolute Gasteiger partial charge is 0.311 e. The summed E-state index contributed by atoms with van der Waals surface area (Å²) in [6.45, 7) is 3.46. The van der Waals surface area contributed by atoms with Gasteiger partial charge in [-0.05, 0) is 29.8 Å². The molecule has 1 aromatic heterocycles. The van der Waals surface area contributed by atoms with Crippen molar-refractivity contribution in [2.45, 2.75) is 11.4 Å². The molecule has 0 spiro atoms. The van der Waals surface area contributed by atoms with Gasteiger partial charge in [-0.15, -0.1) is 0 Å². The molecule has 2 heterocycles. The first-order chi connectivity index (χ1) is 12.4. The minimum Gasteiger partial charge on any atom is -0.363 e. The minimum atomic E-state index is -3.68. The summed E-state index contributed by atoms with van der Waals surface area (Å²) in [5.41, 5.74) is 1.19. The molecule has 1 aliphatic heterocycles. The van der Waals surface area contributed by atoms with Gasteiger partial charge in [-0.1, -0.05) is 6.07 Å². The van der Waals surface area contributed by atoms with Crippen LogP contribution in [0.25, 0.3) is 0 Å². The third-order valence-electron chi connectivity index (χ3n) is 4.43. The predicted octanol–water partition coefficient (Wildman–Crippen LogP) is 1.72. The molecule has 0 unspecified atom stereocenters. The van der Waals surface area contributed by atoms with Crippen LogP contribution in [0.15, 0.2) is 47.6 Å². The number of nitrogens with zero attached hydrogens (tertiary/aromatic N) is 4. The van der Waals surface area contributed by atoms with Crippen molar-refractivity contribution in [3.8, 4) is 0 Å². The lowest BCUT2D eigenvalue weighted by Gasteiger charge is -2.35. The molecule has 26 heavy (non-hydrogen) atoms. The van der Waals surface area contributed by atoms with E-state index in [2.05, 4.69) is 9.88 Å². The van der Waals surface area contributed by atoms with Crippen molar-refractivity contribution in [3.63, 3.8) is 0 Å². The Kier molecular flexibility index (Phi) is 5.19. The molecule has 2 aromatic rings. The molecule has 1 aliphatic rings. The second-order valence-electron chi connectivity index (χ2n) is 6.27. The van der Waals surface area contributed by atoms with Gasteiger partial charge in [0.2, 0.25) is 0 Å². The molecular weight excluding hydrogens is 356 g/mol. The van der Waals surface area contributed by atoms with Gasteiger partial charge in [0.25, 0.3) is 0 Å². The summed E-state index contributed by atoms with van der Waals surface area (Å²) in [6.07, 6.45) is 4.50. The fourth-order valence-electron chi connectivity index (χ4n) is 3.14. The number of piperazine rings is 1. The lowest BCUT2D eigenvalue weighted by atomic mass is 10.2. The van der Waals surface area contributed by atoms with Gasteiger partial charge in [0.05, 0.1) is 4.92 Å². The van der Waals surface area contributed by atoms with Crippen LogP contribution in [0.5, 0.6) is 0 Å². The van der Waals surface area contributed by atoms with Crippen LogP contribution in [0.2, 0.25) is 0 Å². The van der Waals surface area contributed by atoms with E-state index in [-0.39, 0.29) is 10.6 Å². The number of nitro groups is 1. The maximum atomic E-state index is 11.9. The zero-order valence-electron chi connectivity index (χ0n) is 14.4. The van der Waals surface area contributed by atoms with Crippen LogP contribution < -0.4 is 4.90 Å². The van der Waals surface area contributed by atoms with E-state index in [1.165, 1.54) is 11.6 Å². The van der Waals surface area contributed by atoms with E-state index >= 15 is 0 Å². The van der Waals surface area contributed by atoms with Crippen molar-refractivity contribution in [2.24, 2.45) is 0 Å². The highest BCUT2D eigenvalue weighted by molar-refractivity contribution is 7.90. The average molecular weight is 376 g/mol. The Morgan fingerprint density at radius 2 is 1.77 bits per heavy atom.